The summed E-state index contributed by atoms with van der Waals surface area (Å²) in [5.41, 5.74) is 3.88. The molecule has 2 rings (SSSR count). The maximum absolute atomic E-state index is 12.7. The predicted molar refractivity (Wildman–Crippen MR) is 115 cm³/mol. The summed E-state index contributed by atoms with van der Waals surface area (Å²) in [5.74, 6) is -3.31. The highest BCUT2D eigenvalue weighted by Crippen LogP contribution is 2.37. The Balaban J connectivity index is 2.42. The molecule has 0 spiro atoms. The van der Waals surface area contributed by atoms with E-state index >= 15 is 0 Å². The number of nitrogens with one attached hydrogen (secondary N) is 1. The van der Waals surface area contributed by atoms with E-state index < -0.39 is 17.8 Å². The van der Waals surface area contributed by atoms with Gasteiger partial charge in [0.1, 0.15) is 0 Å². The highest BCUT2D eigenvalue weighted by Gasteiger charge is 2.21. The number of rotatable bonds is 7. The fraction of sp³-hybridized carbons (Fsp3) is 0.125. The van der Waals surface area contributed by atoms with E-state index in [1.165, 1.54) is 6.08 Å². The van der Waals surface area contributed by atoms with Crippen LogP contribution < -0.4 is 5.32 Å². The number of aromatic carboxylic acids is 2. The minimum absolute atomic E-state index is 0.180. The lowest BCUT2D eigenvalue weighted by Gasteiger charge is -2.10. The zero-order valence-corrected chi connectivity index (χ0v) is 16.9. The highest BCUT2D eigenvalue weighted by molar-refractivity contribution is 6.07. The Labute approximate surface area is 174 Å². The molecule has 0 atom stereocenters. The second-order valence-corrected chi connectivity index (χ2v) is 6.59. The Morgan fingerprint density at radius 2 is 1.80 bits per heavy atom. The lowest BCUT2D eigenvalue weighted by atomic mass is 10.0. The van der Waals surface area contributed by atoms with E-state index in [1.807, 2.05) is 26.0 Å². The number of hydrogen-bond donors (Lipinski definition) is 3. The third-order valence-corrected chi connectivity index (χ3v) is 4.79. The van der Waals surface area contributed by atoms with Gasteiger partial charge in [0.2, 0.25) is 0 Å². The Morgan fingerprint density at radius 1 is 1.10 bits per heavy atom. The van der Waals surface area contributed by atoms with Gasteiger partial charge in [0.15, 0.2) is 0 Å². The standard InChI is InChI=1S/C24H23NO5/c1-5-8-19-14(4)17(11-15(19)6-2)12-18(7-3)25-22(26)21-13-16(23(27)28)9-10-20(21)24(29)30/h5-10,12-13H,1,3,11H2,2,4H3,(H,25,26)(H,27,28)(H,29,30)/b15-6-,18-12+,19-8-. The molecule has 0 radical (unpaired) electrons. The molecule has 6 nitrogen and oxygen atoms in total. The van der Waals surface area contributed by atoms with E-state index in [2.05, 4.69) is 18.5 Å². The molecule has 30 heavy (non-hydrogen) atoms. The van der Waals surface area contributed by atoms with E-state index in [4.69, 9.17) is 5.11 Å². The van der Waals surface area contributed by atoms with Gasteiger partial charge in [-0.25, -0.2) is 9.59 Å². The first-order valence-electron chi connectivity index (χ1n) is 9.18. The molecule has 0 aliphatic heterocycles. The van der Waals surface area contributed by atoms with Gasteiger partial charge in [-0.05, 0) is 72.9 Å². The number of carbonyl (C=O) groups is 3. The van der Waals surface area contributed by atoms with E-state index in [-0.39, 0.29) is 16.7 Å². The van der Waals surface area contributed by atoms with Gasteiger partial charge in [-0.2, -0.15) is 0 Å². The van der Waals surface area contributed by atoms with Crippen LogP contribution in [-0.2, 0) is 0 Å². The largest absolute Gasteiger partial charge is 0.478 e. The van der Waals surface area contributed by atoms with Gasteiger partial charge >= 0.3 is 11.9 Å². The van der Waals surface area contributed by atoms with Crippen molar-refractivity contribution in [2.45, 2.75) is 20.3 Å². The van der Waals surface area contributed by atoms with Crippen LogP contribution in [0.15, 0.2) is 89.7 Å². The summed E-state index contributed by atoms with van der Waals surface area (Å²) in [7, 11) is 0. The fourth-order valence-electron chi connectivity index (χ4n) is 3.20. The number of allylic oxidation sites excluding steroid dienone is 9. The van der Waals surface area contributed by atoms with Crippen LogP contribution >= 0.6 is 0 Å². The maximum atomic E-state index is 12.7. The third kappa shape index (κ3) is 4.72. The van der Waals surface area contributed by atoms with E-state index in [1.54, 1.807) is 12.2 Å². The monoisotopic (exact) mass is 405 g/mol. The zero-order valence-electron chi connectivity index (χ0n) is 16.9. The molecule has 0 heterocycles. The summed E-state index contributed by atoms with van der Waals surface area (Å²) in [6.45, 7) is 11.4. The number of hydrogen-bond acceptors (Lipinski definition) is 3. The molecule has 1 aliphatic rings. The molecule has 0 saturated carbocycles. The minimum atomic E-state index is -1.33. The van der Waals surface area contributed by atoms with Gasteiger partial charge in [0.05, 0.1) is 16.7 Å². The van der Waals surface area contributed by atoms with Crippen molar-refractivity contribution in [2.75, 3.05) is 0 Å². The molecule has 1 aromatic carbocycles. The van der Waals surface area contributed by atoms with E-state index in [0.29, 0.717) is 12.1 Å². The summed E-state index contributed by atoms with van der Waals surface area (Å²) in [6, 6.07) is 3.29. The number of carbonyl (C=O) groups excluding carboxylic acids is 1. The van der Waals surface area contributed by atoms with Crippen molar-refractivity contribution in [3.8, 4) is 0 Å². The topological polar surface area (TPSA) is 104 Å². The number of carboxylic acid groups (broad SMARTS) is 2. The first kappa shape index (κ1) is 22.4. The smallest absolute Gasteiger partial charge is 0.336 e. The predicted octanol–water partition coefficient (Wildman–Crippen LogP) is 4.66. The van der Waals surface area contributed by atoms with Gasteiger partial charge in [-0.15, -0.1) is 0 Å². The quantitative estimate of drug-likeness (QED) is 0.572. The van der Waals surface area contributed by atoms with Crippen LogP contribution in [0.2, 0.25) is 0 Å². The molecule has 0 unspecified atom stereocenters. The molecule has 0 saturated heterocycles. The molecule has 154 valence electrons. The first-order valence-corrected chi connectivity index (χ1v) is 9.18. The maximum Gasteiger partial charge on any atom is 0.336 e. The average Bonchev–Trinajstić information content (AvgIpc) is 3.01. The van der Waals surface area contributed by atoms with Crippen LogP contribution in [-0.4, -0.2) is 28.1 Å². The van der Waals surface area contributed by atoms with Crippen LogP contribution in [0.25, 0.3) is 0 Å². The Hall–Kier alpha value is -3.93. The van der Waals surface area contributed by atoms with Gasteiger partial charge < -0.3 is 15.5 Å². The third-order valence-electron chi connectivity index (χ3n) is 4.79. The summed E-state index contributed by atoms with van der Waals surface area (Å²) in [4.78, 5) is 35.4. The van der Waals surface area contributed by atoms with Gasteiger partial charge in [0.25, 0.3) is 5.91 Å². The number of amides is 1. The van der Waals surface area contributed by atoms with Crippen LogP contribution in [0.4, 0.5) is 0 Å². The van der Waals surface area contributed by atoms with E-state index in [9.17, 15) is 19.5 Å². The van der Waals surface area contributed by atoms with Crippen molar-refractivity contribution in [3.63, 3.8) is 0 Å². The Kier molecular flexibility index (Phi) is 7.09. The molecule has 1 aromatic rings. The molecular weight excluding hydrogens is 382 g/mol. The van der Waals surface area contributed by atoms with Crippen LogP contribution in [0.5, 0.6) is 0 Å². The molecule has 1 amide bonds. The second-order valence-electron chi connectivity index (χ2n) is 6.59. The SMILES string of the molecule is C=C/C=C1C(C)=C(/C=C(\C=C)NC(=O)c2cc(C(=O)O)ccc2C(=O)O)CC/1=C/C. The van der Waals surface area contributed by atoms with Crippen molar-refractivity contribution in [1.29, 1.82) is 0 Å². The van der Waals surface area contributed by atoms with Gasteiger partial charge in [-0.1, -0.05) is 31.4 Å². The number of carboxylic acids is 2. The normalized spacial score (nSPS) is 16.7. The molecule has 6 heteroatoms. The lowest BCUT2D eigenvalue weighted by Crippen LogP contribution is -2.24. The lowest BCUT2D eigenvalue weighted by molar-refractivity contribution is 0.0678. The molecule has 1 aliphatic carbocycles. The Morgan fingerprint density at radius 3 is 2.33 bits per heavy atom. The molecular formula is C24H23NO5. The van der Waals surface area contributed by atoms with Crippen molar-refractivity contribution < 1.29 is 24.6 Å². The Bertz CT molecular complexity index is 1070. The zero-order chi connectivity index (χ0) is 22.4. The summed E-state index contributed by atoms with van der Waals surface area (Å²) in [5, 5.41) is 21.1. The van der Waals surface area contributed by atoms with Crippen LogP contribution in [0.1, 0.15) is 51.3 Å². The summed E-state index contributed by atoms with van der Waals surface area (Å²) in [6.07, 6.45) is 9.55. The van der Waals surface area contributed by atoms with Crippen molar-refractivity contribution in [2.24, 2.45) is 0 Å². The highest BCUT2D eigenvalue weighted by atomic mass is 16.4. The molecule has 3 N–H and O–H groups in total. The molecule has 0 fully saturated rings. The second kappa shape index (κ2) is 9.52. The van der Waals surface area contributed by atoms with Crippen molar-refractivity contribution >= 4 is 17.8 Å². The average molecular weight is 405 g/mol. The molecule has 0 aromatic heterocycles. The van der Waals surface area contributed by atoms with Crippen LogP contribution in [0, 0.1) is 0 Å². The van der Waals surface area contributed by atoms with Gasteiger partial charge in [0, 0.05) is 5.70 Å². The van der Waals surface area contributed by atoms with Crippen molar-refractivity contribution in [3.05, 3.63) is 106 Å². The number of benzene rings is 1. The minimum Gasteiger partial charge on any atom is -0.478 e. The molecule has 0 bridgehead atoms. The van der Waals surface area contributed by atoms with Gasteiger partial charge in [-0.3, -0.25) is 4.79 Å². The fourth-order valence-corrected chi connectivity index (χ4v) is 3.20. The first-order chi connectivity index (χ1) is 14.2. The summed E-state index contributed by atoms with van der Waals surface area (Å²) < 4.78 is 0. The van der Waals surface area contributed by atoms with Crippen LogP contribution in [0.3, 0.4) is 0 Å². The van der Waals surface area contributed by atoms with Crippen molar-refractivity contribution in [1.82, 2.24) is 5.32 Å². The van der Waals surface area contributed by atoms with E-state index in [0.717, 1.165) is 40.5 Å². The summed E-state index contributed by atoms with van der Waals surface area (Å²) >= 11 is 0.